The van der Waals surface area contributed by atoms with Crippen LogP contribution in [0.3, 0.4) is 0 Å². The van der Waals surface area contributed by atoms with Crippen molar-refractivity contribution in [2.75, 3.05) is 13.2 Å². The smallest absolute Gasteiger partial charge is 0.410 e. The number of carbonyl (C=O) groups excluding carboxylic acids is 5. The molecular weight excluding hydrogens is 661 g/mol. The van der Waals surface area contributed by atoms with E-state index in [0.29, 0.717) is 30.4 Å². The zero-order valence-electron chi connectivity index (χ0n) is 30.5. The number of allylic oxidation sites excluding steroid dienone is 1. The van der Waals surface area contributed by atoms with Crippen molar-refractivity contribution in [1.82, 2.24) is 25.9 Å². The molecule has 5 amide bonds. The standard InChI is InChI=1S/C37H52FN5O8/c1-35(2,3)22-49-41-32(46)37-18-24(37)14-10-8-7-9-11-16-28(39-33(47)51-36(4,5)6)31(45)43-20-25(17-29(43)30(44)40-37)50-34(48)42-19-23-13-12-15-27(38)26(23)21-42/h10,12-15,24-25,28-29H,7-9,11,16-22H2,1-6H3,(H,39,47)(H,40,44)(H,41,46)/t24-,25-,28+,29+,37-/m1/s1. The van der Waals surface area contributed by atoms with Gasteiger partial charge in [-0.3, -0.25) is 24.1 Å². The number of nitrogens with one attached hydrogen (secondary N) is 3. The van der Waals surface area contributed by atoms with E-state index >= 15 is 0 Å². The number of halogens is 1. The van der Waals surface area contributed by atoms with E-state index in [1.807, 2.05) is 32.9 Å². The molecule has 1 aliphatic carbocycles. The highest BCUT2D eigenvalue weighted by atomic mass is 19.1. The van der Waals surface area contributed by atoms with Gasteiger partial charge in [-0.25, -0.2) is 19.5 Å². The van der Waals surface area contributed by atoms with Gasteiger partial charge in [-0.1, -0.05) is 57.9 Å². The van der Waals surface area contributed by atoms with Gasteiger partial charge in [0.1, 0.15) is 35.1 Å². The number of fused-ring (bicyclic) bond motifs is 3. The molecule has 5 atom stereocenters. The minimum atomic E-state index is -1.30. The van der Waals surface area contributed by atoms with Gasteiger partial charge in [-0.15, -0.1) is 0 Å². The van der Waals surface area contributed by atoms with E-state index in [-0.39, 0.29) is 44.0 Å². The van der Waals surface area contributed by atoms with Gasteiger partial charge in [-0.2, -0.15) is 0 Å². The van der Waals surface area contributed by atoms with Crippen LogP contribution in [0.2, 0.25) is 0 Å². The summed E-state index contributed by atoms with van der Waals surface area (Å²) in [6.07, 6.45) is 5.16. The van der Waals surface area contributed by atoms with Gasteiger partial charge in [0.2, 0.25) is 11.8 Å². The Labute approximate surface area is 298 Å². The fourth-order valence-corrected chi connectivity index (χ4v) is 6.75. The highest BCUT2D eigenvalue weighted by Gasteiger charge is 2.61. The predicted octanol–water partition coefficient (Wildman–Crippen LogP) is 4.63. The SMILES string of the molecule is CC(C)(C)CONC(=O)[C@@]12C[C@H]1C=CCCCCC[C@H](NC(=O)OC(C)(C)C)C(=O)N1C[C@H](OC(=O)N3Cc4cccc(F)c4C3)C[C@H]1C(=O)N2. The van der Waals surface area contributed by atoms with E-state index < -0.39 is 65.1 Å². The molecule has 3 aliphatic heterocycles. The van der Waals surface area contributed by atoms with Crippen molar-refractivity contribution in [3.8, 4) is 0 Å². The molecular formula is C37H52FN5O8. The monoisotopic (exact) mass is 713 g/mol. The first-order valence-corrected chi connectivity index (χ1v) is 17.9. The minimum absolute atomic E-state index is 0.0336. The third kappa shape index (κ3) is 9.57. The first kappa shape index (κ1) is 38.0. The van der Waals surface area contributed by atoms with Crippen LogP contribution in [0.25, 0.3) is 0 Å². The maximum Gasteiger partial charge on any atom is 0.410 e. The molecule has 0 radical (unpaired) electrons. The number of rotatable bonds is 5. The van der Waals surface area contributed by atoms with E-state index in [2.05, 4.69) is 16.1 Å². The molecule has 0 aromatic heterocycles. The molecule has 51 heavy (non-hydrogen) atoms. The van der Waals surface area contributed by atoms with Crippen LogP contribution in [-0.2, 0) is 41.8 Å². The molecule has 3 N–H and O–H groups in total. The molecule has 280 valence electrons. The van der Waals surface area contributed by atoms with Gasteiger partial charge in [0.15, 0.2) is 0 Å². The summed E-state index contributed by atoms with van der Waals surface area (Å²) in [7, 11) is 0. The Balaban J connectivity index is 1.38. The first-order valence-electron chi connectivity index (χ1n) is 17.9. The number of carbonyl (C=O) groups is 5. The second-order valence-corrected chi connectivity index (χ2v) is 16.3. The number of amides is 5. The van der Waals surface area contributed by atoms with Gasteiger partial charge >= 0.3 is 12.2 Å². The third-order valence-electron chi connectivity index (χ3n) is 9.46. The molecule has 1 saturated carbocycles. The number of hydrogen-bond donors (Lipinski definition) is 3. The number of hydroxylamine groups is 1. The topological polar surface area (TPSA) is 156 Å². The highest BCUT2D eigenvalue weighted by Crippen LogP contribution is 2.45. The normalized spacial score (nSPS) is 26.9. The van der Waals surface area contributed by atoms with Crippen LogP contribution in [-0.4, -0.2) is 82.2 Å². The Kier molecular flexibility index (Phi) is 11.3. The van der Waals surface area contributed by atoms with Crippen molar-refractivity contribution >= 4 is 29.9 Å². The molecule has 1 saturated heterocycles. The predicted molar refractivity (Wildman–Crippen MR) is 184 cm³/mol. The lowest BCUT2D eigenvalue weighted by Gasteiger charge is -2.30. The molecule has 1 aromatic carbocycles. The molecule has 0 spiro atoms. The van der Waals surface area contributed by atoms with Crippen LogP contribution in [0.1, 0.15) is 97.6 Å². The Morgan fingerprint density at radius 2 is 1.82 bits per heavy atom. The van der Waals surface area contributed by atoms with Gasteiger partial charge in [0, 0.05) is 24.4 Å². The fourth-order valence-electron chi connectivity index (χ4n) is 6.75. The van der Waals surface area contributed by atoms with Crippen molar-refractivity contribution in [3.63, 3.8) is 0 Å². The van der Waals surface area contributed by atoms with Crippen molar-refractivity contribution in [3.05, 3.63) is 47.3 Å². The number of alkyl carbamates (subject to hydrolysis) is 1. The van der Waals surface area contributed by atoms with Crippen LogP contribution < -0.4 is 16.1 Å². The van der Waals surface area contributed by atoms with Crippen molar-refractivity contribution in [2.45, 2.75) is 129 Å². The number of hydrogen-bond acceptors (Lipinski definition) is 8. The van der Waals surface area contributed by atoms with E-state index in [0.717, 1.165) is 19.3 Å². The molecule has 5 rings (SSSR count). The summed E-state index contributed by atoms with van der Waals surface area (Å²) in [6.45, 7) is 11.4. The van der Waals surface area contributed by atoms with E-state index in [4.69, 9.17) is 14.3 Å². The molecule has 0 bridgehead atoms. The van der Waals surface area contributed by atoms with E-state index in [1.54, 1.807) is 32.9 Å². The summed E-state index contributed by atoms with van der Waals surface area (Å²) in [5, 5.41) is 5.64. The van der Waals surface area contributed by atoms with Crippen molar-refractivity contribution < 1.29 is 42.7 Å². The maximum absolute atomic E-state index is 14.4. The molecule has 2 fully saturated rings. The van der Waals surface area contributed by atoms with Crippen molar-refractivity contribution in [2.24, 2.45) is 11.3 Å². The number of benzene rings is 1. The summed E-state index contributed by atoms with van der Waals surface area (Å²) in [4.78, 5) is 76.5. The lowest BCUT2D eigenvalue weighted by atomic mass is 9.99. The third-order valence-corrected chi connectivity index (χ3v) is 9.46. The van der Waals surface area contributed by atoms with Crippen LogP contribution in [0, 0.1) is 17.2 Å². The Morgan fingerprint density at radius 1 is 1.06 bits per heavy atom. The second-order valence-electron chi connectivity index (χ2n) is 16.3. The molecule has 13 nitrogen and oxygen atoms in total. The van der Waals surface area contributed by atoms with E-state index in [1.165, 1.54) is 15.9 Å². The second kappa shape index (κ2) is 15.2. The summed E-state index contributed by atoms with van der Waals surface area (Å²) in [5.74, 6) is -2.31. The zero-order chi connectivity index (χ0) is 37.1. The van der Waals surface area contributed by atoms with Gasteiger partial charge in [0.25, 0.3) is 5.91 Å². The molecule has 14 heteroatoms. The fraction of sp³-hybridized carbons (Fsp3) is 0.649. The summed E-state index contributed by atoms with van der Waals surface area (Å²) in [6, 6.07) is 2.53. The zero-order valence-corrected chi connectivity index (χ0v) is 30.5. The molecule has 3 heterocycles. The van der Waals surface area contributed by atoms with Gasteiger partial charge in [0.05, 0.1) is 19.7 Å². The van der Waals surface area contributed by atoms with Crippen LogP contribution in [0.15, 0.2) is 30.4 Å². The van der Waals surface area contributed by atoms with Crippen LogP contribution in [0.4, 0.5) is 14.0 Å². The quantitative estimate of drug-likeness (QED) is 0.295. The Hall–Kier alpha value is -4.20. The number of ether oxygens (including phenoxy) is 2. The summed E-state index contributed by atoms with van der Waals surface area (Å²) in [5.41, 5.74) is 1.30. The first-order chi connectivity index (χ1) is 24.0. The molecule has 1 aromatic rings. The largest absolute Gasteiger partial charge is 0.444 e. The minimum Gasteiger partial charge on any atom is -0.444 e. The Morgan fingerprint density at radius 3 is 2.53 bits per heavy atom. The lowest BCUT2D eigenvalue weighted by Crippen LogP contribution is -2.58. The van der Waals surface area contributed by atoms with Crippen molar-refractivity contribution in [1.29, 1.82) is 0 Å². The van der Waals surface area contributed by atoms with Gasteiger partial charge < -0.3 is 25.0 Å². The lowest BCUT2D eigenvalue weighted by molar-refractivity contribution is -0.144. The average Bonchev–Trinajstić information content (AvgIpc) is 3.33. The number of nitrogens with zero attached hydrogens (tertiary/aromatic N) is 2. The highest BCUT2D eigenvalue weighted by molar-refractivity contribution is 5.98. The molecule has 4 aliphatic rings. The summed E-state index contributed by atoms with van der Waals surface area (Å²) >= 11 is 0. The maximum atomic E-state index is 14.4. The molecule has 0 unspecified atom stereocenters. The summed E-state index contributed by atoms with van der Waals surface area (Å²) < 4.78 is 25.7. The van der Waals surface area contributed by atoms with E-state index in [9.17, 15) is 28.4 Å². The average molecular weight is 714 g/mol. The Bertz CT molecular complexity index is 1540. The van der Waals surface area contributed by atoms with Crippen LogP contribution >= 0.6 is 0 Å². The van der Waals surface area contributed by atoms with Crippen LogP contribution in [0.5, 0.6) is 0 Å². The van der Waals surface area contributed by atoms with Gasteiger partial charge in [-0.05, 0) is 63.5 Å².